The summed E-state index contributed by atoms with van der Waals surface area (Å²) in [4.78, 5) is 0. The molecule has 0 amide bonds. The summed E-state index contributed by atoms with van der Waals surface area (Å²) in [6, 6.07) is 7.56. The van der Waals surface area contributed by atoms with E-state index in [2.05, 4.69) is 15.9 Å². The summed E-state index contributed by atoms with van der Waals surface area (Å²) >= 11 is 2.27. The molecule has 0 aliphatic carbocycles. The Kier molecular flexibility index (Phi) is 2.78. The first-order valence-electron chi connectivity index (χ1n) is 2.36. The highest BCUT2D eigenvalue weighted by atomic mass is 127. The minimum absolute atomic E-state index is 0.927. The minimum atomic E-state index is -1.01. The average molecular weight is 299 g/mol. The molecular formula is C6H4BrIO. The Hall–Kier alpha value is 0.230. The molecule has 3 heteroatoms. The molecule has 1 rings (SSSR count). The van der Waals surface area contributed by atoms with Gasteiger partial charge in [0, 0.05) is 4.47 Å². The monoisotopic (exact) mass is 298 g/mol. The highest BCUT2D eigenvalue weighted by molar-refractivity contribution is 14.1. The number of hydrogen-bond donors (Lipinski definition) is 0. The molecular weight excluding hydrogens is 295 g/mol. The van der Waals surface area contributed by atoms with Crippen molar-refractivity contribution < 1.29 is 3.07 Å². The lowest BCUT2D eigenvalue weighted by Gasteiger charge is -1.89. The summed E-state index contributed by atoms with van der Waals surface area (Å²) in [6.45, 7) is 0. The predicted molar refractivity (Wildman–Crippen MR) is 47.5 cm³/mol. The lowest BCUT2D eigenvalue weighted by molar-refractivity contribution is 0.648. The maximum atomic E-state index is 10.4. The van der Waals surface area contributed by atoms with E-state index in [1.165, 1.54) is 0 Å². The molecule has 48 valence electrons. The fraction of sp³-hybridized carbons (Fsp3) is 0. The molecule has 1 aromatic carbocycles. The SMILES string of the molecule is O=Ic1ccccc1Br. The lowest BCUT2D eigenvalue weighted by Crippen LogP contribution is -1.69. The average Bonchev–Trinajstić information content (AvgIpc) is 1.89. The van der Waals surface area contributed by atoms with Gasteiger partial charge in [0.2, 0.25) is 0 Å². The van der Waals surface area contributed by atoms with Crippen molar-refractivity contribution >= 4 is 37.1 Å². The van der Waals surface area contributed by atoms with Crippen LogP contribution in [0.3, 0.4) is 0 Å². The molecule has 1 aromatic rings. The normalized spacial score (nSPS) is 9.44. The van der Waals surface area contributed by atoms with Gasteiger partial charge in [0.05, 0.1) is 3.57 Å². The molecule has 0 saturated heterocycles. The highest BCUT2D eigenvalue weighted by Gasteiger charge is 1.93. The molecule has 0 unspecified atom stereocenters. The second kappa shape index (κ2) is 3.41. The van der Waals surface area contributed by atoms with E-state index in [1.807, 2.05) is 24.3 Å². The topological polar surface area (TPSA) is 17.1 Å². The largest absolute Gasteiger partial charge is 0.265 e. The summed E-state index contributed by atoms with van der Waals surface area (Å²) in [5.41, 5.74) is 0. The second-order valence-corrected chi connectivity index (χ2v) is 3.95. The van der Waals surface area contributed by atoms with Gasteiger partial charge in [0.1, 0.15) is 0 Å². The highest BCUT2D eigenvalue weighted by Crippen LogP contribution is 2.20. The van der Waals surface area contributed by atoms with E-state index in [0.29, 0.717) is 0 Å². The summed E-state index contributed by atoms with van der Waals surface area (Å²) < 4.78 is 12.3. The van der Waals surface area contributed by atoms with Crippen molar-refractivity contribution in [3.8, 4) is 0 Å². The molecule has 0 fully saturated rings. The van der Waals surface area contributed by atoms with Crippen molar-refractivity contribution in [3.05, 3.63) is 32.3 Å². The Balaban J connectivity index is 3.15. The molecule has 0 bridgehead atoms. The fourth-order valence-electron chi connectivity index (χ4n) is 0.502. The molecule has 0 saturated carbocycles. The number of halogens is 2. The lowest BCUT2D eigenvalue weighted by atomic mass is 10.4. The maximum absolute atomic E-state index is 10.4. The molecule has 0 radical (unpaired) electrons. The van der Waals surface area contributed by atoms with Crippen LogP contribution in [0.1, 0.15) is 0 Å². The van der Waals surface area contributed by atoms with E-state index < -0.39 is 21.2 Å². The van der Waals surface area contributed by atoms with Crippen LogP contribution in [0.25, 0.3) is 0 Å². The fourth-order valence-corrected chi connectivity index (χ4v) is 1.94. The molecule has 9 heavy (non-hydrogen) atoms. The van der Waals surface area contributed by atoms with Gasteiger partial charge in [-0.3, -0.25) is 3.07 Å². The third-order valence-corrected chi connectivity index (χ3v) is 3.76. The molecule has 0 spiro atoms. The first kappa shape index (κ1) is 7.34. The first-order chi connectivity index (χ1) is 4.34. The predicted octanol–water partition coefficient (Wildman–Crippen LogP) is 2.93. The maximum Gasteiger partial charge on any atom is 0.183 e. The van der Waals surface area contributed by atoms with Crippen molar-refractivity contribution in [2.45, 2.75) is 0 Å². The molecule has 1 nitrogen and oxygen atoms in total. The second-order valence-electron chi connectivity index (χ2n) is 1.49. The zero-order valence-electron chi connectivity index (χ0n) is 4.47. The number of benzene rings is 1. The van der Waals surface area contributed by atoms with E-state index in [-0.39, 0.29) is 0 Å². The van der Waals surface area contributed by atoms with Crippen molar-refractivity contribution in [1.29, 1.82) is 0 Å². The zero-order chi connectivity index (χ0) is 6.69. The van der Waals surface area contributed by atoms with Crippen molar-refractivity contribution in [2.75, 3.05) is 0 Å². The summed E-state index contributed by atoms with van der Waals surface area (Å²) in [7, 11) is 0. The van der Waals surface area contributed by atoms with Crippen LogP contribution in [0.15, 0.2) is 28.7 Å². The van der Waals surface area contributed by atoms with Gasteiger partial charge in [0.25, 0.3) is 0 Å². The quantitative estimate of drug-likeness (QED) is 0.729. The van der Waals surface area contributed by atoms with Gasteiger partial charge in [-0.15, -0.1) is 0 Å². The summed E-state index contributed by atoms with van der Waals surface area (Å²) in [5, 5.41) is 0. The zero-order valence-corrected chi connectivity index (χ0v) is 8.22. The standard InChI is InChI=1S/C6H4BrIO/c7-5-3-1-2-4-6(5)8-9/h1-4H. The van der Waals surface area contributed by atoms with Gasteiger partial charge in [-0.1, -0.05) is 12.1 Å². The van der Waals surface area contributed by atoms with E-state index >= 15 is 0 Å². The van der Waals surface area contributed by atoms with Crippen LogP contribution in [0.2, 0.25) is 0 Å². The van der Waals surface area contributed by atoms with Gasteiger partial charge >= 0.3 is 0 Å². The van der Waals surface area contributed by atoms with E-state index in [4.69, 9.17) is 0 Å². The van der Waals surface area contributed by atoms with Crippen molar-refractivity contribution in [3.63, 3.8) is 0 Å². The number of rotatable bonds is 1. The van der Waals surface area contributed by atoms with Gasteiger partial charge < -0.3 is 0 Å². The van der Waals surface area contributed by atoms with Crippen LogP contribution in [0.4, 0.5) is 0 Å². The van der Waals surface area contributed by atoms with Crippen molar-refractivity contribution in [2.24, 2.45) is 0 Å². The molecule has 0 atom stereocenters. The first-order valence-corrected chi connectivity index (χ1v) is 5.11. The van der Waals surface area contributed by atoms with Crippen LogP contribution in [0.5, 0.6) is 0 Å². The van der Waals surface area contributed by atoms with Gasteiger partial charge in [0.15, 0.2) is 21.2 Å². The van der Waals surface area contributed by atoms with Crippen LogP contribution in [-0.2, 0) is 3.07 Å². The Morgan fingerprint density at radius 2 is 2.00 bits per heavy atom. The van der Waals surface area contributed by atoms with Gasteiger partial charge in [-0.25, -0.2) is 0 Å². The van der Waals surface area contributed by atoms with Crippen LogP contribution in [-0.4, -0.2) is 0 Å². The molecule has 0 N–H and O–H groups in total. The smallest absolute Gasteiger partial charge is 0.183 e. The van der Waals surface area contributed by atoms with E-state index in [9.17, 15) is 3.07 Å². The molecule has 0 aromatic heterocycles. The summed E-state index contributed by atoms with van der Waals surface area (Å²) in [5.74, 6) is 0. The Morgan fingerprint density at radius 3 is 2.44 bits per heavy atom. The minimum Gasteiger partial charge on any atom is -0.265 e. The number of hydrogen-bond acceptors (Lipinski definition) is 1. The van der Waals surface area contributed by atoms with E-state index in [1.54, 1.807) is 0 Å². The van der Waals surface area contributed by atoms with Crippen LogP contribution >= 0.6 is 37.1 Å². The Labute approximate surface area is 72.2 Å². The third kappa shape index (κ3) is 1.82. The van der Waals surface area contributed by atoms with Crippen LogP contribution in [0, 0.1) is 3.57 Å². The van der Waals surface area contributed by atoms with Crippen LogP contribution < -0.4 is 0 Å². The van der Waals surface area contributed by atoms with Gasteiger partial charge in [-0.05, 0) is 28.1 Å². The van der Waals surface area contributed by atoms with Crippen molar-refractivity contribution in [1.82, 2.24) is 0 Å². The third-order valence-electron chi connectivity index (χ3n) is 0.907. The Bertz CT molecular complexity index is 224. The molecule has 0 heterocycles. The summed E-state index contributed by atoms with van der Waals surface area (Å²) in [6.07, 6.45) is 0. The molecule has 0 aliphatic heterocycles. The molecule has 0 aliphatic rings. The van der Waals surface area contributed by atoms with Gasteiger partial charge in [-0.2, -0.15) is 0 Å². The van der Waals surface area contributed by atoms with E-state index in [0.717, 1.165) is 8.04 Å². The Morgan fingerprint density at radius 1 is 1.33 bits per heavy atom.